The van der Waals surface area contributed by atoms with Crippen LogP contribution < -0.4 is 25.0 Å². The highest BCUT2D eigenvalue weighted by atomic mass is 16.6. The number of non-ortho nitro benzene ring substituents is 1. The molecule has 188 valence electrons. The predicted octanol–water partition coefficient (Wildman–Crippen LogP) is 4.40. The van der Waals surface area contributed by atoms with Crippen molar-refractivity contribution < 1.29 is 24.0 Å². The van der Waals surface area contributed by atoms with Gasteiger partial charge in [-0.05, 0) is 60.5 Å². The first-order valence-electron chi connectivity index (χ1n) is 11.3. The number of benzene rings is 3. The minimum atomic E-state index is -0.502. The fourth-order valence-corrected chi connectivity index (χ4v) is 3.42. The van der Waals surface area contributed by atoms with E-state index in [1.165, 1.54) is 29.2 Å². The Bertz CT molecular complexity index is 1160. The van der Waals surface area contributed by atoms with Crippen molar-refractivity contribution in [2.75, 3.05) is 37.5 Å². The van der Waals surface area contributed by atoms with Crippen molar-refractivity contribution in [2.45, 2.75) is 12.8 Å². The number of hydrogen-bond donors (Lipinski definition) is 2. The maximum absolute atomic E-state index is 13.1. The third kappa shape index (κ3) is 7.45. The molecule has 3 amide bonds. The lowest BCUT2D eigenvalue weighted by Gasteiger charge is -2.23. The molecule has 0 unspecified atom stereocenters. The van der Waals surface area contributed by atoms with Gasteiger partial charge in [0.1, 0.15) is 11.5 Å². The van der Waals surface area contributed by atoms with Gasteiger partial charge >= 0.3 is 6.03 Å². The largest absolute Gasteiger partial charge is 0.497 e. The summed E-state index contributed by atoms with van der Waals surface area (Å²) in [7, 11) is 3.14. The molecule has 3 rings (SSSR count). The zero-order valence-corrected chi connectivity index (χ0v) is 20.1. The SMILES string of the molecule is COc1ccc(CC(=O)NCCCN(C(=O)Nc2ccc([N+](=O)[O-])cc2)c2ccc(OC)cc2)cc1. The van der Waals surface area contributed by atoms with Crippen molar-refractivity contribution in [3.8, 4) is 11.5 Å². The fraction of sp³-hybridized carbons (Fsp3) is 0.231. The van der Waals surface area contributed by atoms with Crippen molar-refractivity contribution in [1.29, 1.82) is 0 Å². The molecule has 0 aromatic heterocycles. The molecule has 0 spiro atoms. The monoisotopic (exact) mass is 492 g/mol. The van der Waals surface area contributed by atoms with E-state index in [4.69, 9.17) is 9.47 Å². The Morgan fingerprint density at radius 1 is 0.889 bits per heavy atom. The maximum Gasteiger partial charge on any atom is 0.326 e. The van der Waals surface area contributed by atoms with Crippen LogP contribution in [0.1, 0.15) is 12.0 Å². The Kier molecular flexibility index (Phi) is 9.21. The van der Waals surface area contributed by atoms with E-state index >= 15 is 0 Å². The number of nitrogens with zero attached hydrogens (tertiary/aromatic N) is 2. The van der Waals surface area contributed by atoms with Crippen molar-refractivity contribution >= 4 is 29.0 Å². The van der Waals surface area contributed by atoms with Gasteiger partial charge in [0.25, 0.3) is 5.69 Å². The quantitative estimate of drug-likeness (QED) is 0.232. The van der Waals surface area contributed by atoms with E-state index in [0.717, 1.165) is 11.3 Å². The summed E-state index contributed by atoms with van der Waals surface area (Å²) in [5.41, 5.74) is 1.87. The molecule has 0 saturated carbocycles. The summed E-state index contributed by atoms with van der Waals surface area (Å²) < 4.78 is 10.3. The van der Waals surface area contributed by atoms with Crippen LogP contribution in [-0.2, 0) is 11.2 Å². The number of rotatable bonds is 11. The first-order valence-corrected chi connectivity index (χ1v) is 11.3. The van der Waals surface area contributed by atoms with E-state index in [1.807, 2.05) is 12.1 Å². The summed E-state index contributed by atoms with van der Waals surface area (Å²) in [6.07, 6.45) is 0.751. The molecule has 0 radical (unpaired) electrons. The van der Waals surface area contributed by atoms with Gasteiger partial charge in [-0.15, -0.1) is 0 Å². The summed E-state index contributed by atoms with van der Waals surface area (Å²) in [5.74, 6) is 1.26. The highest BCUT2D eigenvalue weighted by Crippen LogP contribution is 2.22. The average Bonchev–Trinajstić information content (AvgIpc) is 2.89. The lowest BCUT2D eigenvalue weighted by Crippen LogP contribution is -2.37. The molecule has 0 aliphatic heterocycles. The highest BCUT2D eigenvalue weighted by Gasteiger charge is 2.17. The van der Waals surface area contributed by atoms with Crippen molar-refractivity contribution in [3.05, 3.63) is 88.5 Å². The number of amides is 3. The second-order valence-corrected chi connectivity index (χ2v) is 7.81. The fourth-order valence-electron chi connectivity index (χ4n) is 3.42. The molecule has 2 N–H and O–H groups in total. The second kappa shape index (κ2) is 12.7. The molecule has 0 aliphatic carbocycles. The Morgan fingerprint density at radius 2 is 1.47 bits per heavy atom. The van der Waals surface area contributed by atoms with Gasteiger partial charge in [-0.3, -0.25) is 19.8 Å². The number of carbonyl (C=O) groups excluding carboxylic acids is 2. The van der Waals surface area contributed by atoms with E-state index in [2.05, 4.69) is 10.6 Å². The van der Waals surface area contributed by atoms with Gasteiger partial charge in [0.05, 0.1) is 25.6 Å². The molecule has 10 heteroatoms. The molecule has 3 aromatic carbocycles. The van der Waals surface area contributed by atoms with E-state index in [1.54, 1.807) is 50.6 Å². The number of nitro benzene ring substituents is 1. The van der Waals surface area contributed by atoms with Crippen LogP contribution in [0.25, 0.3) is 0 Å². The van der Waals surface area contributed by atoms with Gasteiger partial charge in [0, 0.05) is 36.6 Å². The molecule has 0 saturated heterocycles. The third-order valence-electron chi connectivity index (χ3n) is 5.36. The van der Waals surface area contributed by atoms with Crippen LogP contribution in [0.15, 0.2) is 72.8 Å². The van der Waals surface area contributed by atoms with E-state index < -0.39 is 11.0 Å². The molecular weight excluding hydrogens is 464 g/mol. The molecule has 36 heavy (non-hydrogen) atoms. The maximum atomic E-state index is 13.1. The Morgan fingerprint density at radius 3 is 2.03 bits per heavy atom. The third-order valence-corrected chi connectivity index (χ3v) is 5.36. The number of methoxy groups -OCH3 is 2. The van der Waals surface area contributed by atoms with Crippen LogP contribution >= 0.6 is 0 Å². The molecule has 0 aliphatic rings. The summed E-state index contributed by atoms with van der Waals surface area (Å²) in [6, 6.07) is 19.5. The molecule has 0 fully saturated rings. The molecule has 3 aromatic rings. The van der Waals surface area contributed by atoms with Gasteiger partial charge in [0.2, 0.25) is 5.91 Å². The van der Waals surface area contributed by atoms with Crippen molar-refractivity contribution in [3.63, 3.8) is 0 Å². The summed E-state index contributed by atoms with van der Waals surface area (Å²) >= 11 is 0. The lowest BCUT2D eigenvalue weighted by molar-refractivity contribution is -0.384. The van der Waals surface area contributed by atoms with Gasteiger partial charge in [-0.1, -0.05) is 12.1 Å². The van der Waals surface area contributed by atoms with Gasteiger partial charge in [-0.2, -0.15) is 0 Å². The minimum absolute atomic E-state index is 0.0645. The van der Waals surface area contributed by atoms with E-state index in [0.29, 0.717) is 36.6 Å². The zero-order chi connectivity index (χ0) is 25.9. The number of ether oxygens (including phenoxy) is 2. The average molecular weight is 493 g/mol. The topological polar surface area (TPSA) is 123 Å². The van der Waals surface area contributed by atoms with Crippen LogP contribution in [0.2, 0.25) is 0 Å². The van der Waals surface area contributed by atoms with Crippen LogP contribution in [0.4, 0.5) is 21.9 Å². The second-order valence-electron chi connectivity index (χ2n) is 7.81. The Labute approximate surface area is 209 Å². The Balaban J connectivity index is 1.59. The summed E-state index contributed by atoms with van der Waals surface area (Å²) in [6.45, 7) is 0.709. The first kappa shape index (κ1) is 26.0. The van der Waals surface area contributed by atoms with Crippen LogP contribution in [0, 0.1) is 10.1 Å². The van der Waals surface area contributed by atoms with Gasteiger partial charge < -0.3 is 20.1 Å². The number of hydrogen-bond acceptors (Lipinski definition) is 6. The number of urea groups is 1. The first-order chi connectivity index (χ1) is 17.4. The standard InChI is InChI=1S/C26H28N4O6/c1-35-23-12-4-19(5-13-23)18-25(31)27-16-3-17-29(21-10-14-24(36-2)15-11-21)26(32)28-20-6-8-22(9-7-20)30(33)34/h4-15H,3,16-18H2,1-2H3,(H,27,31)(H,28,32). The number of nitrogens with one attached hydrogen (secondary N) is 2. The van der Waals surface area contributed by atoms with E-state index in [-0.39, 0.29) is 18.0 Å². The van der Waals surface area contributed by atoms with E-state index in [9.17, 15) is 19.7 Å². The lowest BCUT2D eigenvalue weighted by atomic mass is 10.1. The number of carbonyl (C=O) groups is 2. The summed E-state index contributed by atoms with van der Waals surface area (Å²) in [5, 5.41) is 16.5. The van der Waals surface area contributed by atoms with Crippen LogP contribution in [-0.4, -0.2) is 44.2 Å². The Hall–Kier alpha value is -4.60. The van der Waals surface area contributed by atoms with Gasteiger partial charge in [-0.25, -0.2) is 4.79 Å². The molecule has 0 heterocycles. The van der Waals surface area contributed by atoms with Gasteiger partial charge in [0.15, 0.2) is 0 Å². The normalized spacial score (nSPS) is 10.3. The molecule has 10 nitrogen and oxygen atoms in total. The smallest absolute Gasteiger partial charge is 0.326 e. The summed E-state index contributed by atoms with van der Waals surface area (Å²) in [4.78, 5) is 37.3. The molecule has 0 bridgehead atoms. The minimum Gasteiger partial charge on any atom is -0.497 e. The highest BCUT2D eigenvalue weighted by molar-refractivity contribution is 6.01. The predicted molar refractivity (Wildman–Crippen MR) is 137 cm³/mol. The van der Waals surface area contributed by atoms with Crippen LogP contribution in [0.3, 0.4) is 0 Å². The van der Waals surface area contributed by atoms with Crippen LogP contribution in [0.5, 0.6) is 11.5 Å². The number of anilines is 2. The van der Waals surface area contributed by atoms with Crippen molar-refractivity contribution in [2.24, 2.45) is 0 Å². The van der Waals surface area contributed by atoms with Crippen molar-refractivity contribution in [1.82, 2.24) is 5.32 Å². The number of nitro groups is 1. The zero-order valence-electron chi connectivity index (χ0n) is 20.1. The molecule has 0 atom stereocenters. The molecular formula is C26H28N4O6.